The van der Waals surface area contributed by atoms with Gasteiger partial charge in [-0.15, -0.1) is 21.5 Å². The van der Waals surface area contributed by atoms with E-state index in [0.29, 0.717) is 5.89 Å². The van der Waals surface area contributed by atoms with Crippen LogP contribution in [0.1, 0.15) is 36.4 Å². The highest BCUT2D eigenvalue weighted by Crippen LogP contribution is 2.14. The maximum absolute atomic E-state index is 5.62. The van der Waals surface area contributed by atoms with Crippen LogP contribution in [0.4, 0.5) is 0 Å². The lowest BCUT2D eigenvalue weighted by Gasteiger charge is -1.99. The van der Waals surface area contributed by atoms with Crippen LogP contribution >= 0.6 is 11.3 Å². The lowest BCUT2D eigenvalue weighted by molar-refractivity contribution is 0.450. The number of aryl methyl sites for hydroxylation is 1. The van der Waals surface area contributed by atoms with Gasteiger partial charge in [0.05, 0.1) is 6.42 Å². The summed E-state index contributed by atoms with van der Waals surface area (Å²) in [6.45, 7) is 4.26. The Morgan fingerprint density at radius 3 is 2.94 bits per heavy atom. The Morgan fingerprint density at radius 2 is 2.17 bits per heavy atom. The third kappa shape index (κ3) is 4.23. The first-order valence-corrected chi connectivity index (χ1v) is 7.31. The minimum atomic E-state index is 0.717. The lowest BCUT2D eigenvalue weighted by atomic mass is 10.3. The molecule has 5 heteroatoms. The second-order valence-electron chi connectivity index (χ2n) is 4.20. The summed E-state index contributed by atoms with van der Waals surface area (Å²) in [6.07, 6.45) is 3.82. The van der Waals surface area contributed by atoms with Crippen LogP contribution in [-0.4, -0.2) is 23.3 Å². The fourth-order valence-electron chi connectivity index (χ4n) is 1.69. The molecule has 1 N–H and O–H groups in total. The van der Waals surface area contributed by atoms with E-state index in [1.807, 2.05) is 6.07 Å². The minimum absolute atomic E-state index is 0.717. The van der Waals surface area contributed by atoms with Gasteiger partial charge in [0, 0.05) is 11.3 Å². The molecule has 18 heavy (non-hydrogen) atoms. The van der Waals surface area contributed by atoms with Crippen molar-refractivity contribution in [2.45, 2.75) is 32.6 Å². The third-order valence-electron chi connectivity index (χ3n) is 2.59. The Hall–Kier alpha value is -1.20. The van der Waals surface area contributed by atoms with Crippen molar-refractivity contribution in [2.75, 3.05) is 13.1 Å². The molecule has 0 saturated carbocycles. The van der Waals surface area contributed by atoms with Crippen LogP contribution in [0.5, 0.6) is 0 Å². The Morgan fingerprint density at radius 1 is 1.28 bits per heavy atom. The van der Waals surface area contributed by atoms with E-state index in [9.17, 15) is 0 Å². The molecule has 0 fully saturated rings. The van der Waals surface area contributed by atoms with E-state index in [0.717, 1.165) is 38.2 Å². The predicted octanol–water partition coefficient (Wildman–Crippen LogP) is 2.65. The zero-order chi connectivity index (χ0) is 12.6. The first-order chi connectivity index (χ1) is 8.88. The number of aromatic nitrogens is 2. The molecule has 0 unspecified atom stereocenters. The molecule has 0 saturated heterocycles. The first kappa shape index (κ1) is 13.2. The Balaban J connectivity index is 1.72. The molecule has 2 rings (SSSR count). The zero-order valence-electron chi connectivity index (χ0n) is 10.7. The molecule has 0 aliphatic carbocycles. The van der Waals surface area contributed by atoms with Gasteiger partial charge in [-0.25, -0.2) is 0 Å². The van der Waals surface area contributed by atoms with Crippen molar-refractivity contribution in [3.8, 4) is 0 Å². The summed E-state index contributed by atoms with van der Waals surface area (Å²) in [6, 6.07) is 4.12. The number of hydrogen-bond donors (Lipinski definition) is 1. The molecular formula is C13H19N3OS. The van der Waals surface area contributed by atoms with Crippen molar-refractivity contribution < 1.29 is 4.42 Å². The fraction of sp³-hybridized carbons (Fsp3) is 0.538. The molecule has 0 aromatic carbocycles. The molecule has 0 amide bonds. The van der Waals surface area contributed by atoms with Crippen molar-refractivity contribution in [1.29, 1.82) is 0 Å². The molecule has 2 aromatic heterocycles. The summed E-state index contributed by atoms with van der Waals surface area (Å²) in [5, 5.41) is 13.6. The van der Waals surface area contributed by atoms with Crippen LogP contribution in [0.25, 0.3) is 0 Å². The molecule has 4 nitrogen and oxygen atoms in total. The van der Waals surface area contributed by atoms with E-state index in [2.05, 4.69) is 33.9 Å². The van der Waals surface area contributed by atoms with Gasteiger partial charge in [-0.1, -0.05) is 13.0 Å². The van der Waals surface area contributed by atoms with Gasteiger partial charge in [0.15, 0.2) is 0 Å². The van der Waals surface area contributed by atoms with E-state index in [1.165, 1.54) is 11.3 Å². The average Bonchev–Trinajstić information content (AvgIpc) is 3.02. The summed E-state index contributed by atoms with van der Waals surface area (Å²) < 4.78 is 5.62. The molecule has 0 bridgehead atoms. The molecule has 0 aliphatic rings. The van der Waals surface area contributed by atoms with Crippen molar-refractivity contribution in [3.63, 3.8) is 0 Å². The summed E-state index contributed by atoms with van der Waals surface area (Å²) in [5.74, 6) is 1.47. The van der Waals surface area contributed by atoms with Gasteiger partial charge in [0.25, 0.3) is 0 Å². The number of thiophene rings is 1. The Bertz CT molecular complexity index is 439. The molecule has 0 atom stereocenters. The summed E-state index contributed by atoms with van der Waals surface area (Å²) in [4.78, 5) is 1.26. The Labute approximate surface area is 111 Å². The lowest BCUT2D eigenvalue weighted by Crippen LogP contribution is -2.16. The Kier molecular flexibility index (Phi) is 5.36. The van der Waals surface area contributed by atoms with Gasteiger partial charge >= 0.3 is 0 Å². The van der Waals surface area contributed by atoms with E-state index in [1.54, 1.807) is 11.3 Å². The summed E-state index contributed by atoms with van der Waals surface area (Å²) in [5.41, 5.74) is 0. The molecular weight excluding hydrogens is 246 g/mol. The van der Waals surface area contributed by atoms with Crippen molar-refractivity contribution >= 4 is 11.3 Å². The smallest absolute Gasteiger partial charge is 0.221 e. The highest BCUT2D eigenvalue weighted by atomic mass is 32.1. The molecule has 0 aliphatic heterocycles. The SMILES string of the molecule is CCCNCCCc1nnc(Cc2cccs2)o1. The predicted molar refractivity (Wildman–Crippen MR) is 72.9 cm³/mol. The van der Waals surface area contributed by atoms with Gasteiger partial charge < -0.3 is 9.73 Å². The quantitative estimate of drug-likeness (QED) is 0.746. The zero-order valence-corrected chi connectivity index (χ0v) is 11.5. The second-order valence-corrected chi connectivity index (χ2v) is 5.23. The van der Waals surface area contributed by atoms with E-state index < -0.39 is 0 Å². The normalized spacial score (nSPS) is 10.9. The van der Waals surface area contributed by atoms with Crippen molar-refractivity contribution in [1.82, 2.24) is 15.5 Å². The number of rotatable bonds is 8. The van der Waals surface area contributed by atoms with Gasteiger partial charge in [-0.2, -0.15) is 0 Å². The molecule has 0 radical (unpaired) electrons. The highest BCUT2D eigenvalue weighted by Gasteiger charge is 2.07. The van der Waals surface area contributed by atoms with Crippen LogP contribution in [0.15, 0.2) is 21.9 Å². The standard InChI is InChI=1S/C13H19N3OS/c1-2-7-14-8-3-6-12-15-16-13(17-12)10-11-5-4-9-18-11/h4-5,9,14H,2-3,6-8,10H2,1H3. The largest absolute Gasteiger partial charge is 0.425 e. The van der Waals surface area contributed by atoms with Crippen LogP contribution in [0.2, 0.25) is 0 Å². The molecule has 0 spiro atoms. The van der Waals surface area contributed by atoms with Crippen LogP contribution < -0.4 is 5.32 Å². The highest BCUT2D eigenvalue weighted by molar-refractivity contribution is 7.09. The number of hydrogen-bond acceptors (Lipinski definition) is 5. The van der Waals surface area contributed by atoms with Crippen LogP contribution in [0, 0.1) is 0 Å². The van der Waals surface area contributed by atoms with E-state index in [-0.39, 0.29) is 0 Å². The molecule has 2 heterocycles. The van der Waals surface area contributed by atoms with Gasteiger partial charge in [0.1, 0.15) is 0 Å². The number of nitrogens with one attached hydrogen (secondary N) is 1. The van der Waals surface area contributed by atoms with Crippen molar-refractivity contribution in [2.24, 2.45) is 0 Å². The maximum atomic E-state index is 5.62. The van der Waals surface area contributed by atoms with Gasteiger partial charge in [-0.05, 0) is 37.4 Å². The van der Waals surface area contributed by atoms with E-state index >= 15 is 0 Å². The second kappa shape index (κ2) is 7.28. The van der Waals surface area contributed by atoms with E-state index in [4.69, 9.17) is 4.42 Å². The van der Waals surface area contributed by atoms with Crippen LogP contribution in [0.3, 0.4) is 0 Å². The maximum Gasteiger partial charge on any atom is 0.221 e. The molecule has 2 aromatic rings. The summed E-state index contributed by atoms with van der Waals surface area (Å²) >= 11 is 1.72. The molecule has 98 valence electrons. The minimum Gasteiger partial charge on any atom is -0.425 e. The number of nitrogens with zero attached hydrogens (tertiary/aromatic N) is 2. The average molecular weight is 265 g/mol. The summed E-state index contributed by atoms with van der Waals surface area (Å²) in [7, 11) is 0. The van der Waals surface area contributed by atoms with Gasteiger partial charge in [-0.3, -0.25) is 0 Å². The first-order valence-electron chi connectivity index (χ1n) is 6.43. The fourth-order valence-corrected chi connectivity index (χ4v) is 2.39. The monoisotopic (exact) mass is 265 g/mol. The van der Waals surface area contributed by atoms with Gasteiger partial charge in [0.2, 0.25) is 11.8 Å². The van der Waals surface area contributed by atoms with Crippen molar-refractivity contribution in [3.05, 3.63) is 34.2 Å². The topological polar surface area (TPSA) is 51.0 Å². The van der Waals surface area contributed by atoms with Crippen LogP contribution in [-0.2, 0) is 12.8 Å². The third-order valence-corrected chi connectivity index (χ3v) is 3.46.